The van der Waals surface area contributed by atoms with E-state index < -0.39 is 0 Å². The van der Waals surface area contributed by atoms with Crippen LogP contribution >= 0.6 is 0 Å². The van der Waals surface area contributed by atoms with Crippen LogP contribution in [0.25, 0.3) is 6.08 Å². The summed E-state index contributed by atoms with van der Waals surface area (Å²) in [6.07, 6.45) is 1.49. The third-order valence-corrected chi connectivity index (χ3v) is 2.59. The van der Waals surface area contributed by atoms with E-state index in [9.17, 15) is 9.18 Å². The minimum absolute atomic E-state index is 0.102. The largest absolute Gasteiger partial charge is 0.313 e. The molecule has 0 saturated heterocycles. The lowest BCUT2D eigenvalue weighted by atomic mass is 10.2. The summed E-state index contributed by atoms with van der Waals surface area (Å²) in [5, 5.41) is 11.5. The Hall–Kier alpha value is -2.93. The number of hydrogen-bond acceptors (Lipinski definition) is 2. The number of benzene rings is 2. The molecule has 0 aliphatic heterocycles. The zero-order valence-corrected chi connectivity index (χ0v) is 10.5. The second-order valence-electron chi connectivity index (χ2n) is 4.04. The molecule has 2 rings (SSSR count). The van der Waals surface area contributed by atoms with Gasteiger partial charge in [-0.3, -0.25) is 4.79 Å². The van der Waals surface area contributed by atoms with E-state index in [1.165, 1.54) is 30.3 Å². The Labute approximate surface area is 116 Å². The lowest BCUT2D eigenvalue weighted by molar-refractivity contribution is 0.0968. The predicted octanol–water partition coefficient (Wildman–Crippen LogP) is 3.12. The molecule has 2 aromatic rings. The van der Waals surface area contributed by atoms with Gasteiger partial charge in [0.05, 0.1) is 0 Å². The number of carbonyl (C=O) groups is 1. The maximum absolute atomic E-state index is 12.8. The topological polar surface area (TPSA) is 52.9 Å². The monoisotopic (exact) mass is 266 g/mol. The second-order valence-corrected chi connectivity index (χ2v) is 4.04. The summed E-state index contributed by atoms with van der Waals surface area (Å²) in [5.74, 6) is -0.713. The number of halogens is 1. The first-order chi connectivity index (χ1) is 9.69. The first-order valence-electron chi connectivity index (χ1n) is 5.93. The van der Waals surface area contributed by atoms with Crippen molar-refractivity contribution in [1.82, 2.24) is 5.32 Å². The summed E-state index contributed by atoms with van der Waals surface area (Å²) < 4.78 is 12.8. The van der Waals surface area contributed by atoms with Crippen LogP contribution in [0, 0.1) is 17.1 Å². The third kappa shape index (κ3) is 3.53. The van der Waals surface area contributed by atoms with Crippen LogP contribution in [-0.2, 0) is 0 Å². The molecule has 0 atom stereocenters. The van der Waals surface area contributed by atoms with Crippen molar-refractivity contribution in [3.63, 3.8) is 0 Å². The van der Waals surface area contributed by atoms with Crippen LogP contribution in [0.5, 0.6) is 0 Å². The van der Waals surface area contributed by atoms with Gasteiger partial charge in [0.1, 0.15) is 17.6 Å². The molecule has 20 heavy (non-hydrogen) atoms. The average Bonchev–Trinajstić information content (AvgIpc) is 2.49. The number of nitrogens with one attached hydrogen (secondary N) is 1. The SMILES string of the molecule is N#CC(=Cc1ccc(F)cc1)NC(=O)c1ccccc1. The highest BCUT2D eigenvalue weighted by Gasteiger charge is 2.06. The van der Waals surface area contributed by atoms with Crippen LogP contribution < -0.4 is 5.32 Å². The smallest absolute Gasteiger partial charge is 0.256 e. The zero-order valence-electron chi connectivity index (χ0n) is 10.5. The molecule has 0 fully saturated rings. The molecule has 2 aromatic carbocycles. The molecule has 1 amide bonds. The number of hydrogen-bond donors (Lipinski definition) is 1. The fraction of sp³-hybridized carbons (Fsp3) is 0. The fourth-order valence-corrected chi connectivity index (χ4v) is 1.61. The summed E-state index contributed by atoms with van der Waals surface area (Å²) in [6.45, 7) is 0. The Morgan fingerprint density at radius 2 is 1.75 bits per heavy atom. The maximum atomic E-state index is 12.8. The summed E-state index contributed by atoms with van der Waals surface area (Å²) in [6, 6.07) is 16.1. The molecule has 0 radical (unpaired) electrons. The van der Waals surface area contributed by atoms with E-state index in [1.54, 1.807) is 30.3 Å². The number of rotatable bonds is 3. The molecule has 1 N–H and O–H groups in total. The molecular weight excluding hydrogens is 255 g/mol. The highest BCUT2D eigenvalue weighted by atomic mass is 19.1. The van der Waals surface area contributed by atoms with Crippen LogP contribution in [0.15, 0.2) is 60.3 Å². The van der Waals surface area contributed by atoms with Crippen molar-refractivity contribution in [1.29, 1.82) is 5.26 Å². The number of nitrogens with zero attached hydrogens (tertiary/aromatic N) is 1. The van der Waals surface area contributed by atoms with Gasteiger partial charge < -0.3 is 5.32 Å². The van der Waals surface area contributed by atoms with Crippen molar-refractivity contribution in [3.05, 3.63) is 77.2 Å². The van der Waals surface area contributed by atoms with Crippen molar-refractivity contribution >= 4 is 12.0 Å². The average molecular weight is 266 g/mol. The van der Waals surface area contributed by atoms with Crippen LogP contribution in [-0.4, -0.2) is 5.91 Å². The molecule has 0 heterocycles. The lowest BCUT2D eigenvalue weighted by Gasteiger charge is -2.03. The van der Waals surface area contributed by atoms with Gasteiger partial charge in [0.15, 0.2) is 0 Å². The van der Waals surface area contributed by atoms with Crippen LogP contribution in [0.4, 0.5) is 4.39 Å². The molecular formula is C16H11FN2O. The maximum Gasteiger partial charge on any atom is 0.256 e. The fourth-order valence-electron chi connectivity index (χ4n) is 1.61. The molecule has 0 unspecified atom stereocenters. The third-order valence-electron chi connectivity index (χ3n) is 2.59. The van der Waals surface area contributed by atoms with Crippen LogP contribution in [0.2, 0.25) is 0 Å². The molecule has 98 valence electrons. The van der Waals surface area contributed by atoms with Gasteiger partial charge in [-0.1, -0.05) is 30.3 Å². The van der Waals surface area contributed by atoms with Crippen LogP contribution in [0.1, 0.15) is 15.9 Å². The Morgan fingerprint density at radius 1 is 1.10 bits per heavy atom. The van der Waals surface area contributed by atoms with Crippen molar-refractivity contribution in [2.24, 2.45) is 0 Å². The lowest BCUT2D eigenvalue weighted by Crippen LogP contribution is -2.21. The number of nitriles is 1. The number of amides is 1. The first-order valence-corrected chi connectivity index (χ1v) is 5.93. The predicted molar refractivity (Wildman–Crippen MR) is 73.9 cm³/mol. The Balaban J connectivity index is 2.16. The van der Waals surface area contributed by atoms with Gasteiger partial charge in [-0.15, -0.1) is 0 Å². The zero-order chi connectivity index (χ0) is 14.4. The normalized spacial score (nSPS) is 10.7. The highest BCUT2D eigenvalue weighted by Crippen LogP contribution is 2.07. The van der Waals surface area contributed by atoms with Crippen molar-refractivity contribution in [3.8, 4) is 6.07 Å². The van der Waals surface area contributed by atoms with E-state index in [-0.39, 0.29) is 17.4 Å². The van der Waals surface area contributed by atoms with Gasteiger partial charge in [0, 0.05) is 5.56 Å². The van der Waals surface area contributed by atoms with E-state index in [0.29, 0.717) is 11.1 Å². The van der Waals surface area contributed by atoms with Gasteiger partial charge >= 0.3 is 0 Å². The van der Waals surface area contributed by atoms with Gasteiger partial charge in [0.25, 0.3) is 5.91 Å². The summed E-state index contributed by atoms with van der Waals surface area (Å²) in [7, 11) is 0. The number of allylic oxidation sites excluding steroid dienone is 1. The first kappa shape index (κ1) is 13.5. The van der Waals surface area contributed by atoms with Crippen molar-refractivity contribution < 1.29 is 9.18 Å². The minimum atomic E-state index is -0.361. The molecule has 0 aliphatic carbocycles. The van der Waals surface area contributed by atoms with E-state index in [0.717, 1.165) is 0 Å². The van der Waals surface area contributed by atoms with Crippen LogP contribution in [0.3, 0.4) is 0 Å². The van der Waals surface area contributed by atoms with E-state index >= 15 is 0 Å². The summed E-state index contributed by atoms with van der Waals surface area (Å²) >= 11 is 0. The molecule has 3 nitrogen and oxygen atoms in total. The molecule has 0 saturated carbocycles. The van der Waals surface area contributed by atoms with E-state index in [4.69, 9.17) is 5.26 Å². The minimum Gasteiger partial charge on any atom is -0.313 e. The molecule has 0 bridgehead atoms. The summed E-state index contributed by atoms with van der Waals surface area (Å²) in [5.41, 5.74) is 1.20. The van der Waals surface area contributed by atoms with Gasteiger partial charge in [-0.2, -0.15) is 5.26 Å². The Bertz CT molecular complexity index is 670. The van der Waals surface area contributed by atoms with Crippen molar-refractivity contribution in [2.75, 3.05) is 0 Å². The van der Waals surface area contributed by atoms with Gasteiger partial charge in [0.2, 0.25) is 0 Å². The number of carbonyl (C=O) groups excluding carboxylic acids is 1. The second kappa shape index (κ2) is 6.30. The van der Waals surface area contributed by atoms with Gasteiger partial charge in [-0.05, 0) is 35.9 Å². The highest BCUT2D eigenvalue weighted by molar-refractivity contribution is 5.96. The molecule has 0 aliphatic rings. The summed E-state index contributed by atoms with van der Waals surface area (Å²) in [4.78, 5) is 11.9. The quantitative estimate of drug-likeness (QED) is 0.868. The Kier molecular flexibility index (Phi) is 4.25. The van der Waals surface area contributed by atoms with E-state index in [2.05, 4.69) is 5.32 Å². The van der Waals surface area contributed by atoms with E-state index in [1.807, 2.05) is 6.07 Å². The molecule has 4 heteroatoms. The molecule has 0 aromatic heterocycles. The van der Waals surface area contributed by atoms with Gasteiger partial charge in [-0.25, -0.2) is 4.39 Å². The Morgan fingerprint density at radius 3 is 2.35 bits per heavy atom. The standard InChI is InChI=1S/C16H11FN2O/c17-14-8-6-12(7-9-14)10-15(11-18)19-16(20)13-4-2-1-3-5-13/h1-10H,(H,19,20). The molecule has 0 spiro atoms. The van der Waals surface area contributed by atoms with Crippen molar-refractivity contribution in [2.45, 2.75) is 0 Å².